The number of hydrogen-bond acceptors (Lipinski definition) is 6. The first-order valence-corrected chi connectivity index (χ1v) is 12.8. The monoisotopic (exact) mass is 504 g/mol. The third kappa shape index (κ3) is 4.59. The predicted molar refractivity (Wildman–Crippen MR) is 142 cm³/mol. The van der Waals surface area contributed by atoms with Crippen molar-refractivity contribution in [1.82, 2.24) is 20.3 Å². The highest BCUT2D eigenvalue weighted by molar-refractivity contribution is 5.85. The van der Waals surface area contributed by atoms with Gasteiger partial charge in [0.15, 0.2) is 17.4 Å². The Bertz CT molecular complexity index is 1450. The molecule has 1 fully saturated rings. The fourth-order valence-corrected chi connectivity index (χ4v) is 5.35. The Hall–Kier alpha value is -3.72. The lowest BCUT2D eigenvalue weighted by atomic mass is 9.90. The lowest BCUT2D eigenvalue weighted by molar-refractivity contribution is 0.287. The van der Waals surface area contributed by atoms with Crippen molar-refractivity contribution < 1.29 is 13.5 Å². The molecular formula is C28H30F2N6O. The Labute approximate surface area is 214 Å². The molecule has 0 amide bonds. The van der Waals surface area contributed by atoms with Gasteiger partial charge in [-0.2, -0.15) is 0 Å². The molecule has 6 rings (SSSR count). The van der Waals surface area contributed by atoms with Gasteiger partial charge < -0.3 is 25.3 Å². The van der Waals surface area contributed by atoms with Crippen molar-refractivity contribution in [2.24, 2.45) is 0 Å². The van der Waals surface area contributed by atoms with Crippen molar-refractivity contribution in [3.63, 3.8) is 0 Å². The van der Waals surface area contributed by atoms with Gasteiger partial charge in [-0.05, 0) is 75.5 Å². The number of rotatable bonds is 5. The normalized spacial score (nSPS) is 16.2. The van der Waals surface area contributed by atoms with E-state index in [0.717, 1.165) is 43.0 Å². The summed E-state index contributed by atoms with van der Waals surface area (Å²) in [6.45, 7) is 7.18. The summed E-state index contributed by atoms with van der Waals surface area (Å²) in [5.74, 6) is 0.509. The molecule has 1 saturated heterocycles. The largest absolute Gasteiger partial charge is 0.486 e. The van der Waals surface area contributed by atoms with Crippen molar-refractivity contribution in [3.8, 4) is 17.0 Å². The van der Waals surface area contributed by atoms with E-state index in [1.165, 1.54) is 11.6 Å². The van der Waals surface area contributed by atoms with Crippen molar-refractivity contribution >= 4 is 28.4 Å². The van der Waals surface area contributed by atoms with Crippen molar-refractivity contribution in [2.45, 2.75) is 38.6 Å². The van der Waals surface area contributed by atoms with Crippen molar-refractivity contribution in [1.29, 1.82) is 0 Å². The highest BCUT2D eigenvalue weighted by atomic mass is 19.1. The Morgan fingerprint density at radius 3 is 2.73 bits per heavy atom. The molecule has 7 nitrogen and oxygen atoms in total. The number of hydrogen-bond donors (Lipinski definition) is 3. The zero-order valence-corrected chi connectivity index (χ0v) is 20.9. The molecule has 2 aromatic heterocycles. The van der Waals surface area contributed by atoms with E-state index < -0.39 is 11.6 Å². The fraction of sp³-hybridized carbons (Fsp3) is 0.357. The van der Waals surface area contributed by atoms with Gasteiger partial charge in [-0.1, -0.05) is 12.1 Å². The molecule has 0 aliphatic carbocycles. The topological polar surface area (TPSA) is 78.1 Å². The number of H-pyrrole nitrogens is 1. The number of aromatic amines is 1. The Kier molecular flexibility index (Phi) is 6.16. The molecule has 2 aliphatic rings. The van der Waals surface area contributed by atoms with Crippen LogP contribution >= 0.6 is 0 Å². The van der Waals surface area contributed by atoms with E-state index in [2.05, 4.69) is 43.8 Å². The van der Waals surface area contributed by atoms with Crippen LogP contribution in [0.5, 0.6) is 5.75 Å². The number of nitrogens with zero attached hydrogens (tertiary/aromatic N) is 3. The lowest BCUT2D eigenvalue weighted by Gasteiger charge is -2.34. The van der Waals surface area contributed by atoms with Crippen LogP contribution in [0.2, 0.25) is 0 Å². The second-order valence-electron chi connectivity index (χ2n) is 10.0. The Balaban J connectivity index is 1.30. The quantitative estimate of drug-likeness (QED) is 0.323. The van der Waals surface area contributed by atoms with Gasteiger partial charge in [-0.15, -0.1) is 0 Å². The minimum Gasteiger partial charge on any atom is -0.486 e. The SMILES string of the molecule is CC(C)N1CCOc2c(F)cc(-c3nc(Nc4cc5ccc(C6CCNCC6)cc5[nH]4)ncc3F)cc21. The number of nitrogens with one attached hydrogen (secondary N) is 3. The number of aromatic nitrogens is 3. The number of halogens is 2. The van der Waals surface area contributed by atoms with E-state index in [0.29, 0.717) is 36.1 Å². The van der Waals surface area contributed by atoms with Crippen LogP contribution in [0.25, 0.3) is 22.2 Å². The summed E-state index contributed by atoms with van der Waals surface area (Å²) in [4.78, 5) is 14.0. The third-order valence-corrected chi connectivity index (χ3v) is 7.26. The average molecular weight is 505 g/mol. The molecule has 9 heteroatoms. The van der Waals surface area contributed by atoms with Gasteiger partial charge in [0.2, 0.25) is 5.95 Å². The van der Waals surface area contributed by atoms with Crippen molar-refractivity contribution in [2.75, 3.05) is 36.5 Å². The lowest BCUT2D eigenvalue weighted by Crippen LogP contribution is -2.38. The van der Waals surface area contributed by atoms with Gasteiger partial charge in [0.1, 0.15) is 18.1 Å². The highest BCUT2D eigenvalue weighted by Gasteiger charge is 2.26. The predicted octanol–water partition coefficient (Wildman–Crippen LogP) is 5.72. The standard InChI is InChI=1S/C28H30F2N6O/c1-16(2)36-9-10-37-27-21(29)11-20(13-24(27)36)26-22(30)15-32-28(35-26)34-25-14-19-4-3-18(12-23(19)33-25)17-5-7-31-8-6-17/h3-4,11-17,31,33H,5-10H2,1-2H3,(H,32,34,35). The number of piperidine rings is 1. The average Bonchev–Trinajstić information content (AvgIpc) is 3.31. The van der Waals surface area contributed by atoms with Gasteiger partial charge in [-0.25, -0.2) is 18.7 Å². The molecule has 0 spiro atoms. The zero-order valence-electron chi connectivity index (χ0n) is 20.9. The molecular weight excluding hydrogens is 474 g/mol. The minimum absolute atomic E-state index is 0.0257. The molecule has 0 saturated carbocycles. The molecule has 0 unspecified atom stereocenters. The van der Waals surface area contributed by atoms with Crippen LogP contribution in [0.1, 0.15) is 38.2 Å². The van der Waals surface area contributed by atoms with Crippen LogP contribution < -0.4 is 20.3 Å². The van der Waals surface area contributed by atoms with Gasteiger partial charge in [0.25, 0.3) is 0 Å². The van der Waals surface area contributed by atoms with E-state index in [1.807, 2.05) is 24.8 Å². The van der Waals surface area contributed by atoms with E-state index in [1.54, 1.807) is 6.07 Å². The van der Waals surface area contributed by atoms with E-state index in [-0.39, 0.29) is 23.4 Å². The summed E-state index contributed by atoms with van der Waals surface area (Å²) in [7, 11) is 0. The number of benzene rings is 2. The molecule has 2 aliphatic heterocycles. The van der Waals surface area contributed by atoms with Gasteiger partial charge >= 0.3 is 0 Å². The van der Waals surface area contributed by atoms with E-state index in [9.17, 15) is 8.78 Å². The van der Waals surface area contributed by atoms with Gasteiger partial charge in [-0.3, -0.25) is 0 Å². The third-order valence-electron chi connectivity index (χ3n) is 7.26. The summed E-state index contributed by atoms with van der Waals surface area (Å²) < 4.78 is 35.4. The molecule has 0 radical (unpaired) electrons. The van der Waals surface area contributed by atoms with Crippen LogP contribution in [-0.4, -0.2) is 47.2 Å². The Morgan fingerprint density at radius 1 is 1.08 bits per heavy atom. The maximum absolute atomic E-state index is 15.0. The minimum atomic E-state index is -0.624. The van der Waals surface area contributed by atoms with Crippen LogP contribution in [-0.2, 0) is 0 Å². The number of anilines is 3. The summed E-state index contributed by atoms with van der Waals surface area (Å²) in [6.07, 6.45) is 3.37. The van der Waals surface area contributed by atoms with Gasteiger partial charge in [0, 0.05) is 22.5 Å². The van der Waals surface area contributed by atoms with E-state index >= 15 is 0 Å². The molecule has 2 aromatic carbocycles. The summed E-state index contributed by atoms with van der Waals surface area (Å²) in [5, 5.41) is 7.62. The Morgan fingerprint density at radius 2 is 1.92 bits per heavy atom. The molecule has 37 heavy (non-hydrogen) atoms. The second kappa shape index (κ2) is 9.63. The zero-order chi connectivity index (χ0) is 25.5. The molecule has 4 heterocycles. The van der Waals surface area contributed by atoms with Crippen LogP contribution in [0.3, 0.4) is 0 Å². The second-order valence-corrected chi connectivity index (χ2v) is 10.0. The first-order chi connectivity index (χ1) is 18.0. The number of ether oxygens (including phenoxy) is 1. The molecule has 192 valence electrons. The van der Waals surface area contributed by atoms with Gasteiger partial charge in [0.05, 0.1) is 18.4 Å². The van der Waals surface area contributed by atoms with E-state index in [4.69, 9.17) is 4.74 Å². The molecule has 0 atom stereocenters. The summed E-state index contributed by atoms with van der Waals surface area (Å²) in [5.41, 5.74) is 3.31. The first-order valence-electron chi connectivity index (χ1n) is 12.8. The summed E-state index contributed by atoms with van der Waals surface area (Å²) in [6, 6.07) is 11.6. The maximum Gasteiger partial charge on any atom is 0.229 e. The highest BCUT2D eigenvalue weighted by Crippen LogP contribution is 2.39. The summed E-state index contributed by atoms with van der Waals surface area (Å²) >= 11 is 0. The molecule has 4 aromatic rings. The van der Waals surface area contributed by atoms with Crippen molar-refractivity contribution in [3.05, 3.63) is 59.8 Å². The number of fused-ring (bicyclic) bond motifs is 2. The van der Waals surface area contributed by atoms with Crippen LogP contribution in [0.15, 0.2) is 42.6 Å². The van der Waals surface area contributed by atoms with Crippen LogP contribution in [0.4, 0.5) is 26.2 Å². The first kappa shape index (κ1) is 23.7. The van der Waals surface area contributed by atoms with Crippen LogP contribution in [0, 0.1) is 11.6 Å². The molecule has 0 bridgehead atoms. The molecule has 3 N–H and O–H groups in total. The maximum atomic E-state index is 15.0. The smallest absolute Gasteiger partial charge is 0.229 e. The fourth-order valence-electron chi connectivity index (χ4n) is 5.35.